The second-order valence-electron chi connectivity index (χ2n) is 4.06. The van der Waals surface area contributed by atoms with Crippen LogP contribution in [0.15, 0.2) is 21.8 Å². The van der Waals surface area contributed by atoms with E-state index < -0.39 is 0 Å². The summed E-state index contributed by atoms with van der Waals surface area (Å²) in [5, 5.41) is 0. The van der Waals surface area contributed by atoms with Gasteiger partial charge in [-0.25, -0.2) is 0 Å². The number of aliphatic imine (C=N–C) groups is 2. The zero-order valence-corrected chi connectivity index (χ0v) is 10.2. The highest BCUT2D eigenvalue weighted by Crippen LogP contribution is 2.25. The molecule has 14 heavy (non-hydrogen) atoms. The Hall–Kier alpha value is -0.630. The molecule has 0 N–H and O–H groups in total. The van der Waals surface area contributed by atoms with Gasteiger partial charge in [0.05, 0.1) is 0 Å². The van der Waals surface area contributed by atoms with Gasteiger partial charge in [0, 0.05) is 16.8 Å². The molecule has 2 nitrogen and oxygen atoms in total. The van der Waals surface area contributed by atoms with Crippen LogP contribution in [-0.2, 0) is 0 Å². The van der Waals surface area contributed by atoms with Crippen molar-refractivity contribution in [3.8, 4) is 0 Å². The first-order valence-corrected chi connectivity index (χ1v) is 5.27. The van der Waals surface area contributed by atoms with E-state index >= 15 is 0 Å². The van der Waals surface area contributed by atoms with Crippen LogP contribution in [-0.4, -0.2) is 18.4 Å². The fraction of sp³-hybridized carbons (Fsp3) is 0.636. The van der Waals surface area contributed by atoms with Gasteiger partial charge in [-0.05, 0) is 19.2 Å². The first-order chi connectivity index (χ1) is 6.45. The highest BCUT2D eigenvalue weighted by Gasteiger charge is 2.15. The third kappa shape index (κ3) is 4.56. The van der Waals surface area contributed by atoms with E-state index in [9.17, 15) is 0 Å². The summed E-state index contributed by atoms with van der Waals surface area (Å²) in [5.41, 5.74) is 1.92. The van der Waals surface area contributed by atoms with Gasteiger partial charge in [0.25, 0.3) is 0 Å². The number of rotatable bonds is 4. The van der Waals surface area contributed by atoms with E-state index in [-0.39, 0.29) is 5.41 Å². The lowest BCUT2D eigenvalue weighted by Crippen LogP contribution is -2.09. The third-order valence-corrected chi connectivity index (χ3v) is 1.99. The predicted molar refractivity (Wildman–Crippen MR) is 65.5 cm³/mol. The van der Waals surface area contributed by atoms with Crippen LogP contribution in [0.25, 0.3) is 0 Å². The maximum Gasteiger partial charge on any atom is 0.113 e. The van der Waals surface area contributed by atoms with Gasteiger partial charge in [-0.3, -0.25) is 9.98 Å². The van der Waals surface area contributed by atoms with Crippen molar-refractivity contribution in [2.75, 3.05) is 6.00 Å². The van der Waals surface area contributed by atoms with Gasteiger partial charge in [-0.1, -0.05) is 27.7 Å². The monoisotopic (exact) mass is 214 g/mol. The fourth-order valence-electron chi connectivity index (χ4n) is 0.993. The second kappa shape index (κ2) is 5.97. The van der Waals surface area contributed by atoms with Crippen LogP contribution >= 0.6 is 11.6 Å². The maximum absolute atomic E-state index is 5.55. The van der Waals surface area contributed by atoms with Crippen molar-refractivity contribution in [1.29, 1.82) is 0 Å². The molecule has 0 aromatic rings. The Morgan fingerprint density at radius 1 is 1.43 bits per heavy atom. The Morgan fingerprint density at radius 2 is 2.00 bits per heavy atom. The van der Waals surface area contributed by atoms with Crippen molar-refractivity contribution in [3.63, 3.8) is 0 Å². The molecule has 0 radical (unpaired) electrons. The van der Waals surface area contributed by atoms with E-state index in [1.54, 1.807) is 0 Å². The molecule has 0 rings (SSSR count). The van der Waals surface area contributed by atoms with Crippen LogP contribution in [0.3, 0.4) is 0 Å². The lowest BCUT2D eigenvalue weighted by atomic mass is 9.91. The van der Waals surface area contributed by atoms with Gasteiger partial charge < -0.3 is 0 Å². The summed E-state index contributed by atoms with van der Waals surface area (Å²) in [7, 11) is 0. The number of allylic oxidation sites excluding steroid dienone is 2. The minimum Gasteiger partial charge on any atom is -0.274 e. The minimum atomic E-state index is 0.00397. The summed E-state index contributed by atoms with van der Waals surface area (Å²) in [5.74, 6) is 0. The van der Waals surface area contributed by atoms with Crippen molar-refractivity contribution in [2.24, 2.45) is 15.4 Å². The average molecular weight is 215 g/mol. The number of halogens is 1. The molecule has 0 heterocycles. The Kier molecular flexibility index (Phi) is 5.70. The van der Waals surface area contributed by atoms with Crippen LogP contribution in [0.1, 0.15) is 34.1 Å². The number of alkyl halides is 1. The first-order valence-electron chi connectivity index (χ1n) is 4.73. The summed E-state index contributed by atoms with van der Waals surface area (Å²) in [6.45, 7) is 11.9. The number of hydrogen-bond donors (Lipinski definition) is 0. The fourth-order valence-corrected chi connectivity index (χ4v) is 1.15. The van der Waals surface area contributed by atoms with Crippen molar-refractivity contribution < 1.29 is 0 Å². The van der Waals surface area contributed by atoms with Gasteiger partial charge in [0.1, 0.15) is 6.00 Å². The molecule has 0 aliphatic rings. The van der Waals surface area contributed by atoms with Gasteiger partial charge in [-0.15, -0.1) is 11.6 Å². The Bertz CT molecular complexity index is 247. The van der Waals surface area contributed by atoms with Crippen molar-refractivity contribution in [1.82, 2.24) is 0 Å². The summed E-state index contributed by atoms with van der Waals surface area (Å²) in [4.78, 5) is 8.18. The number of nitrogens with zero attached hydrogens (tertiary/aromatic N) is 2. The molecule has 0 saturated heterocycles. The molecule has 0 aliphatic heterocycles. The van der Waals surface area contributed by atoms with Crippen LogP contribution in [0, 0.1) is 5.41 Å². The SMILES string of the molecule is C=N/C(=C\C(CC)=N/CCl)C(C)(C)C. The topological polar surface area (TPSA) is 24.7 Å². The number of hydrogen-bond acceptors (Lipinski definition) is 2. The van der Waals surface area contributed by atoms with E-state index in [1.807, 2.05) is 13.0 Å². The smallest absolute Gasteiger partial charge is 0.113 e. The quantitative estimate of drug-likeness (QED) is 0.388. The average Bonchev–Trinajstić information content (AvgIpc) is 2.10. The molecular formula is C11H19ClN2. The van der Waals surface area contributed by atoms with Crippen LogP contribution in [0.2, 0.25) is 0 Å². The molecule has 0 amide bonds. The second-order valence-corrected chi connectivity index (χ2v) is 4.30. The molecular weight excluding hydrogens is 196 g/mol. The Morgan fingerprint density at radius 3 is 2.29 bits per heavy atom. The summed E-state index contributed by atoms with van der Waals surface area (Å²) >= 11 is 5.55. The van der Waals surface area contributed by atoms with Crippen molar-refractivity contribution in [3.05, 3.63) is 11.8 Å². The minimum absolute atomic E-state index is 0.00397. The summed E-state index contributed by atoms with van der Waals surface area (Å²) in [6.07, 6.45) is 2.83. The van der Waals surface area contributed by atoms with E-state index in [2.05, 4.69) is 37.5 Å². The van der Waals surface area contributed by atoms with Gasteiger partial charge >= 0.3 is 0 Å². The lowest BCUT2D eigenvalue weighted by molar-refractivity contribution is 0.500. The molecule has 0 spiro atoms. The molecule has 0 fully saturated rings. The highest BCUT2D eigenvalue weighted by molar-refractivity contribution is 6.18. The largest absolute Gasteiger partial charge is 0.274 e. The summed E-state index contributed by atoms with van der Waals surface area (Å²) < 4.78 is 0. The molecule has 0 atom stereocenters. The van der Waals surface area contributed by atoms with E-state index in [0.29, 0.717) is 6.00 Å². The maximum atomic E-state index is 5.55. The molecule has 0 aromatic carbocycles. The van der Waals surface area contributed by atoms with Crippen molar-refractivity contribution >= 4 is 24.0 Å². The van der Waals surface area contributed by atoms with E-state index in [1.165, 1.54) is 0 Å². The summed E-state index contributed by atoms with van der Waals surface area (Å²) in [6, 6.07) is 0.300. The van der Waals surface area contributed by atoms with Gasteiger partial charge in [0.15, 0.2) is 0 Å². The van der Waals surface area contributed by atoms with Crippen LogP contribution < -0.4 is 0 Å². The molecule has 0 bridgehead atoms. The molecule has 0 aliphatic carbocycles. The normalized spacial score (nSPS) is 14.4. The molecule has 0 unspecified atom stereocenters. The van der Waals surface area contributed by atoms with E-state index in [4.69, 9.17) is 11.6 Å². The van der Waals surface area contributed by atoms with Gasteiger partial charge in [0.2, 0.25) is 0 Å². The Labute approximate surface area is 91.8 Å². The zero-order valence-electron chi connectivity index (χ0n) is 9.47. The molecule has 0 aromatic heterocycles. The third-order valence-electron chi connectivity index (χ3n) is 1.87. The first kappa shape index (κ1) is 13.4. The van der Waals surface area contributed by atoms with Crippen LogP contribution in [0.5, 0.6) is 0 Å². The molecule has 0 saturated carbocycles. The zero-order chi connectivity index (χ0) is 11.2. The van der Waals surface area contributed by atoms with E-state index in [0.717, 1.165) is 17.8 Å². The van der Waals surface area contributed by atoms with Crippen molar-refractivity contribution in [2.45, 2.75) is 34.1 Å². The Balaban J connectivity index is 4.91. The molecule has 3 heteroatoms. The molecule has 80 valence electrons. The lowest BCUT2D eigenvalue weighted by Gasteiger charge is -2.18. The highest BCUT2D eigenvalue weighted by atomic mass is 35.5. The standard InChI is InChI=1S/C11H19ClN2/c1-6-9(14-8-12)7-10(13-5)11(2,3)4/h7H,5-6,8H2,1-4H3/b10-7-,14-9-. The van der Waals surface area contributed by atoms with Gasteiger partial charge in [-0.2, -0.15) is 0 Å². The predicted octanol–water partition coefficient (Wildman–Crippen LogP) is 3.66. The van der Waals surface area contributed by atoms with Crippen LogP contribution in [0.4, 0.5) is 0 Å².